The van der Waals surface area contributed by atoms with Gasteiger partial charge in [-0.3, -0.25) is 0 Å². The summed E-state index contributed by atoms with van der Waals surface area (Å²) in [5.41, 5.74) is 0.447. The molecule has 0 spiro atoms. The first kappa shape index (κ1) is 20.6. The van der Waals surface area contributed by atoms with E-state index in [0.29, 0.717) is 24.7 Å². The van der Waals surface area contributed by atoms with E-state index in [1.807, 2.05) is 6.08 Å². The molecule has 7 heteroatoms. The molecule has 0 amide bonds. The number of halogens is 3. The van der Waals surface area contributed by atoms with Crippen LogP contribution in [0.1, 0.15) is 33.1 Å². The number of allylic oxidation sites excluding steroid dienone is 3. The van der Waals surface area contributed by atoms with Gasteiger partial charge < -0.3 is 15.1 Å². The van der Waals surface area contributed by atoms with E-state index in [2.05, 4.69) is 40.5 Å². The van der Waals surface area contributed by atoms with Crippen molar-refractivity contribution in [2.45, 2.75) is 45.3 Å². The van der Waals surface area contributed by atoms with Crippen LogP contribution in [-0.4, -0.2) is 61.0 Å². The second kappa shape index (κ2) is 9.26. The van der Waals surface area contributed by atoms with Crippen LogP contribution in [0.3, 0.4) is 0 Å². The molecule has 1 saturated heterocycles. The SMILES string of the molecule is C=C(CCNC(C)C)N1CCN(C2=C/CCC=C(C(F)(F)F)/C=N\2)CC1. The summed E-state index contributed by atoms with van der Waals surface area (Å²) < 4.78 is 38.7. The molecule has 0 unspecified atom stereocenters. The molecule has 26 heavy (non-hydrogen) atoms. The van der Waals surface area contributed by atoms with E-state index >= 15 is 0 Å². The van der Waals surface area contributed by atoms with Crippen LogP contribution in [0.5, 0.6) is 0 Å². The van der Waals surface area contributed by atoms with Crippen molar-refractivity contribution in [3.63, 3.8) is 0 Å². The van der Waals surface area contributed by atoms with Gasteiger partial charge in [0.1, 0.15) is 5.82 Å². The Morgan fingerprint density at radius 3 is 2.46 bits per heavy atom. The maximum absolute atomic E-state index is 12.9. The van der Waals surface area contributed by atoms with Crippen LogP contribution < -0.4 is 5.32 Å². The first-order valence-corrected chi connectivity index (χ1v) is 9.20. The highest BCUT2D eigenvalue weighted by Crippen LogP contribution is 2.26. The average Bonchev–Trinajstić information content (AvgIpc) is 2.53. The van der Waals surface area contributed by atoms with Crippen LogP contribution in [0.2, 0.25) is 0 Å². The smallest absolute Gasteiger partial charge is 0.372 e. The highest BCUT2D eigenvalue weighted by Gasteiger charge is 2.32. The molecule has 1 fully saturated rings. The second-order valence-electron chi connectivity index (χ2n) is 6.95. The van der Waals surface area contributed by atoms with E-state index in [4.69, 9.17) is 0 Å². The molecule has 0 aliphatic carbocycles. The average molecular weight is 370 g/mol. The van der Waals surface area contributed by atoms with Crippen LogP contribution in [-0.2, 0) is 0 Å². The summed E-state index contributed by atoms with van der Waals surface area (Å²) in [6, 6.07) is 0.458. The normalized spacial score (nSPS) is 22.4. The van der Waals surface area contributed by atoms with Crippen molar-refractivity contribution in [3.05, 3.63) is 35.8 Å². The molecule has 2 aliphatic rings. The lowest BCUT2D eigenvalue weighted by Gasteiger charge is -2.38. The number of aliphatic imine (C=N–C) groups is 1. The first-order valence-electron chi connectivity index (χ1n) is 9.20. The summed E-state index contributed by atoms with van der Waals surface area (Å²) in [6.45, 7) is 12.4. The Kier molecular flexibility index (Phi) is 7.32. The lowest BCUT2D eigenvalue weighted by Crippen LogP contribution is -2.45. The Labute approximate surface area is 154 Å². The fraction of sp³-hybridized carbons (Fsp3) is 0.632. The van der Waals surface area contributed by atoms with Gasteiger partial charge in [-0.15, -0.1) is 0 Å². The van der Waals surface area contributed by atoms with Crippen molar-refractivity contribution < 1.29 is 13.2 Å². The third kappa shape index (κ3) is 6.20. The molecule has 0 aromatic rings. The van der Waals surface area contributed by atoms with Gasteiger partial charge in [-0.1, -0.05) is 26.5 Å². The summed E-state index contributed by atoms with van der Waals surface area (Å²) >= 11 is 0. The number of rotatable bonds is 6. The van der Waals surface area contributed by atoms with Gasteiger partial charge in [-0.25, -0.2) is 4.99 Å². The van der Waals surface area contributed by atoms with E-state index in [0.717, 1.165) is 51.1 Å². The summed E-state index contributed by atoms with van der Waals surface area (Å²) in [5, 5.41) is 3.38. The number of nitrogens with one attached hydrogen (secondary N) is 1. The molecule has 146 valence electrons. The van der Waals surface area contributed by atoms with Crippen LogP contribution in [0.25, 0.3) is 0 Å². The molecule has 0 saturated carbocycles. The van der Waals surface area contributed by atoms with Gasteiger partial charge >= 0.3 is 6.18 Å². The molecule has 0 atom stereocenters. The third-order valence-electron chi connectivity index (χ3n) is 4.54. The van der Waals surface area contributed by atoms with E-state index in [1.54, 1.807) is 0 Å². The Morgan fingerprint density at radius 2 is 1.85 bits per heavy atom. The minimum Gasteiger partial charge on any atom is -0.372 e. The van der Waals surface area contributed by atoms with Crippen LogP contribution in [0, 0.1) is 0 Å². The van der Waals surface area contributed by atoms with E-state index in [-0.39, 0.29) is 0 Å². The minimum atomic E-state index is -4.34. The largest absolute Gasteiger partial charge is 0.417 e. The van der Waals surface area contributed by atoms with Crippen molar-refractivity contribution in [2.75, 3.05) is 32.7 Å². The zero-order chi connectivity index (χ0) is 19.2. The van der Waals surface area contributed by atoms with Crippen molar-refractivity contribution in [2.24, 2.45) is 4.99 Å². The highest BCUT2D eigenvalue weighted by molar-refractivity contribution is 5.81. The van der Waals surface area contributed by atoms with Gasteiger partial charge in [0, 0.05) is 50.7 Å². The lowest BCUT2D eigenvalue weighted by molar-refractivity contribution is -0.0858. The van der Waals surface area contributed by atoms with Gasteiger partial charge in [0.05, 0.1) is 5.57 Å². The molecule has 2 aliphatic heterocycles. The van der Waals surface area contributed by atoms with Crippen molar-refractivity contribution in [3.8, 4) is 0 Å². The number of piperazine rings is 1. The van der Waals surface area contributed by atoms with E-state index < -0.39 is 11.7 Å². The molecular formula is C19H29F3N4. The molecule has 0 aromatic carbocycles. The van der Waals surface area contributed by atoms with Crippen LogP contribution in [0.15, 0.2) is 40.8 Å². The van der Waals surface area contributed by atoms with Gasteiger partial charge in [0.15, 0.2) is 0 Å². The van der Waals surface area contributed by atoms with E-state index in [9.17, 15) is 13.2 Å². The maximum Gasteiger partial charge on any atom is 0.417 e. The Balaban J connectivity index is 1.87. The molecule has 2 heterocycles. The Bertz CT molecular complexity index is 568. The van der Waals surface area contributed by atoms with Crippen molar-refractivity contribution >= 4 is 6.21 Å². The molecule has 1 N–H and O–H groups in total. The third-order valence-corrected chi connectivity index (χ3v) is 4.54. The minimum absolute atomic E-state index is 0.379. The summed E-state index contributed by atoms with van der Waals surface area (Å²) in [6.07, 6.45) is 1.60. The van der Waals surface area contributed by atoms with Crippen LogP contribution >= 0.6 is 0 Å². The number of hydrogen-bond acceptors (Lipinski definition) is 4. The van der Waals surface area contributed by atoms with Gasteiger partial charge in [-0.2, -0.15) is 13.2 Å². The predicted octanol–water partition coefficient (Wildman–Crippen LogP) is 3.70. The molecule has 0 aromatic heterocycles. The first-order chi connectivity index (χ1) is 12.3. The number of nitrogens with zero attached hydrogens (tertiary/aromatic N) is 3. The van der Waals surface area contributed by atoms with Gasteiger partial charge in [0.25, 0.3) is 0 Å². The summed E-state index contributed by atoms with van der Waals surface area (Å²) in [5.74, 6) is 0.645. The Hall–Kier alpha value is -1.76. The van der Waals surface area contributed by atoms with Gasteiger partial charge in [0.2, 0.25) is 0 Å². The molecular weight excluding hydrogens is 341 g/mol. The van der Waals surface area contributed by atoms with Gasteiger partial charge in [-0.05, 0) is 25.3 Å². The van der Waals surface area contributed by atoms with Crippen molar-refractivity contribution in [1.82, 2.24) is 15.1 Å². The topological polar surface area (TPSA) is 30.9 Å². The zero-order valence-electron chi connectivity index (χ0n) is 15.6. The monoisotopic (exact) mass is 370 g/mol. The number of hydrogen-bond donors (Lipinski definition) is 1. The Morgan fingerprint density at radius 1 is 1.19 bits per heavy atom. The molecule has 0 bridgehead atoms. The molecule has 0 radical (unpaired) electrons. The van der Waals surface area contributed by atoms with E-state index in [1.165, 1.54) is 6.08 Å². The summed E-state index contributed by atoms with van der Waals surface area (Å²) in [4.78, 5) is 8.43. The standard InChI is InChI=1S/C19H29F3N4/c1-15(2)23-9-8-16(3)25-10-12-26(13-11-25)18-7-5-4-6-17(14-24-18)19(20,21)22/h6-7,14-15,23H,3-5,8-13H2,1-2H3/b17-6?,18-7+,24-14-. The highest BCUT2D eigenvalue weighted by atomic mass is 19.4. The fourth-order valence-electron chi connectivity index (χ4n) is 3.01. The fourth-order valence-corrected chi connectivity index (χ4v) is 3.01. The molecule has 4 nitrogen and oxygen atoms in total. The quantitative estimate of drug-likeness (QED) is 0.773. The lowest BCUT2D eigenvalue weighted by atomic mass is 10.1. The second-order valence-corrected chi connectivity index (χ2v) is 6.95. The maximum atomic E-state index is 12.9. The van der Waals surface area contributed by atoms with Crippen molar-refractivity contribution in [1.29, 1.82) is 0 Å². The number of alkyl halides is 3. The molecule has 2 rings (SSSR count). The van der Waals surface area contributed by atoms with Crippen LogP contribution in [0.4, 0.5) is 13.2 Å². The summed E-state index contributed by atoms with van der Waals surface area (Å²) in [7, 11) is 0. The zero-order valence-corrected chi connectivity index (χ0v) is 15.6. The predicted molar refractivity (Wildman–Crippen MR) is 100.0 cm³/mol.